The van der Waals surface area contributed by atoms with Gasteiger partial charge in [-0.2, -0.15) is 0 Å². The zero-order valence-electron chi connectivity index (χ0n) is 16.9. The third kappa shape index (κ3) is 5.87. The molecule has 0 spiro atoms. The number of carbonyl (C=O) groups excluding carboxylic acids is 2. The van der Waals surface area contributed by atoms with Crippen LogP contribution in [0.2, 0.25) is 0 Å². The van der Waals surface area contributed by atoms with Crippen molar-refractivity contribution in [2.75, 3.05) is 24.8 Å². The normalized spacial score (nSPS) is 10.3. The first-order chi connectivity index (χ1) is 14.6. The zero-order chi connectivity index (χ0) is 21.3. The molecule has 0 aliphatic heterocycles. The number of hydrogen-bond donors (Lipinski definition) is 1. The molecular formula is C24H23NO4S. The van der Waals surface area contributed by atoms with Gasteiger partial charge in [-0.3, -0.25) is 9.59 Å². The number of rotatable bonds is 9. The second kappa shape index (κ2) is 10.5. The van der Waals surface area contributed by atoms with E-state index in [1.165, 1.54) is 11.8 Å². The molecule has 0 aliphatic rings. The summed E-state index contributed by atoms with van der Waals surface area (Å²) in [6.07, 6.45) is 0. The highest BCUT2D eigenvalue weighted by atomic mass is 32.2. The minimum Gasteiger partial charge on any atom is -0.497 e. The molecule has 154 valence electrons. The van der Waals surface area contributed by atoms with E-state index in [1.807, 2.05) is 31.2 Å². The summed E-state index contributed by atoms with van der Waals surface area (Å²) >= 11 is 1.46. The molecule has 30 heavy (non-hydrogen) atoms. The number of carbonyl (C=O) groups is 2. The molecule has 0 heterocycles. The van der Waals surface area contributed by atoms with Gasteiger partial charge in [-0.1, -0.05) is 6.07 Å². The van der Waals surface area contributed by atoms with Gasteiger partial charge in [-0.15, -0.1) is 11.8 Å². The Labute approximate surface area is 180 Å². The van der Waals surface area contributed by atoms with Crippen LogP contribution in [0.4, 0.5) is 5.69 Å². The number of ketones is 1. The Morgan fingerprint density at radius 3 is 2.30 bits per heavy atom. The largest absolute Gasteiger partial charge is 0.497 e. The second-order valence-corrected chi connectivity index (χ2v) is 7.43. The Hall–Kier alpha value is -3.25. The number of anilines is 1. The van der Waals surface area contributed by atoms with Crippen LogP contribution in [-0.2, 0) is 0 Å². The SMILES string of the molecule is CCOc1ccc(C(=O)CSc2ccc(NC(=O)c3cccc(OC)c3)cc2)cc1. The third-order valence-corrected chi connectivity index (χ3v) is 5.31. The maximum absolute atomic E-state index is 12.4. The molecule has 6 heteroatoms. The predicted molar refractivity (Wildman–Crippen MR) is 120 cm³/mol. The number of methoxy groups -OCH3 is 1. The number of thioether (sulfide) groups is 1. The minimum atomic E-state index is -0.208. The van der Waals surface area contributed by atoms with Crippen LogP contribution < -0.4 is 14.8 Å². The van der Waals surface area contributed by atoms with Crippen molar-refractivity contribution in [2.24, 2.45) is 0 Å². The number of ether oxygens (including phenoxy) is 2. The van der Waals surface area contributed by atoms with Crippen LogP contribution in [-0.4, -0.2) is 31.2 Å². The van der Waals surface area contributed by atoms with Crippen molar-refractivity contribution in [2.45, 2.75) is 11.8 Å². The van der Waals surface area contributed by atoms with Crippen LogP contribution in [0.15, 0.2) is 77.7 Å². The van der Waals surface area contributed by atoms with E-state index in [2.05, 4.69) is 5.32 Å². The number of nitrogens with one attached hydrogen (secondary N) is 1. The molecule has 0 fully saturated rings. The lowest BCUT2D eigenvalue weighted by atomic mass is 10.1. The molecule has 0 atom stereocenters. The maximum Gasteiger partial charge on any atom is 0.255 e. The fourth-order valence-electron chi connectivity index (χ4n) is 2.74. The molecular weight excluding hydrogens is 398 g/mol. The van der Waals surface area contributed by atoms with Gasteiger partial charge in [0.1, 0.15) is 11.5 Å². The molecule has 3 aromatic rings. The summed E-state index contributed by atoms with van der Waals surface area (Å²) in [4.78, 5) is 25.7. The van der Waals surface area contributed by atoms with Gasteiger partial charge >= 0.3 is 0 Å². The van der Waals surface area contributed by atoms with Crippen molar-refractivity contribution in [1.29, 1.82) is 0 Å². The van der Waals surface area contributed by atoms with Crippen molar-refractivity contribution in [3.63, 3.8) is 0 Å². The van der Waals surface area contributed by atoms with E-state index in [0.29, 0.717) is 34.9 Å². The number of Topliss-reactive ketones (excluding diaryl/α,β-unsaturated/α-hetero) is 1. The Balaban J connectivity index is 1.53. The first-order valence-corrected chi connectivity index (χ1v) is 10.5. The van der Waals surface area contributed by atoms with Gasteiger partial charge in [0, 0.05) is 21.7 Å². The summed E-state index contributed by atoms with van der Waals surface area (Å²) < 4.78 is 10.5. The average Bonchev–Trinajstić information content (AvgIpc) is 2.79. The summed E-state index contributed by atoms with van der Waals surface area (Å²) in [5.41, 5.74) is 1.87. The van der Waals surface area contributed by atoms with E-state index in [0.717, 1.165) is 10.6 Å². The fourth-order valence-corrected chi connectivity index (χ4v) is 3.53. The van der Waals surface area contributed by atoms with Gasteiger partial charge in [0.25, 0.3) is 5.91 Å². The maximum atomic E-state index is 12.4. The van der Waals surface area contributed by atoms with Gasteiger partial charge in [0.05, 0.1) is 19.5 Å². The Kier molecular flexibility index (Phi) is 7.51. The molecule has 0 bridgehead atoms. The van der Waals surface area contributed by atoms with Crippen LogP contribution in [0.5, 0.6) is 11.5 Å². The van der Waals surface area contributed by atoms with Gasteiger partial charge in [-0.25, -0.2) is 0 Å². The summed E-state index contributed by atoms with van der Waals surface area (Å²) in [5.74, 6) is 1.57. The first-order valence-electron chi connectivity index (χ1n) is 9.53. The monoisotopic (exact) mass is 421 g/mol. The van der Waals surface area contributed by atoms with E-state index in [9.17, 15) is 9.59 Å². The molecule has 5 nitrogen and oxygen atoms in total. The first kappa shape index (κ1) is 21.5. The van der Waals surface area contributed by atoms with Crippen LogP contribution in [0, 0.1) is 0 Å². The van der Waals surface area contributed by atoms with E-state index in [4.69, 9.17) is 9.47 Å². The van der Waals surface area contributed by atoms with Gasteiger partial charge in [0.15, 0.2) is 5.78 Å². The Bertz CT molecular complexity index is 1000. The fraction of sp³-hybridized carbons (Fsp3) is 0.167. The van der Waals surface area contributed by atoms with Crippen LogP contribution in [0.25, 0.3) is 0 Å². The zero-order valence-corrected chi connectivity index (χ0v) is 17.7. The van der Waals surface area contributed by atoms with E-state index in [-0.39, 0.29) is 11.7 Å². The lowest BCUT2D eigenvalue weighted by Crippen LogP contribution is -2.11. The molecule has 0 saturated carbocycles. The molecule has 0 aromatic heterocycles. The third-order valence-electron chi connectivity index (χ3n) is 4.30. The van der Waals surface area contributed by atoms with Crippen molar-refractivity contribution >= 4 is 29.1 Å². The van der Waals surface area contributed by atoms with E-state index < -0.39 is 0 Å². The van der Waals surface area contributed by atoms with Gasteiger partial charge in [-0.05, 0) is 73.7 Å². The molecule has 0 unspecified atom stereocenters. The highest BCUT2D eigenvalue weighted by Gasteiger charge is 2.09. The lowest BCUT2D eigenvalue weighted by molar-refractivity contribution is 0.101. The smallest absolute Gasteiger partial charge is 0.255 e. The Morgan fingerprint density at radius 2 is 1.63 bits per heavy atom. The van der Waals surface area contributed by atoms with Crippen molar-refractivity contribution in [1.82, 2.24) is 0 Å². The van der Waals surface area contributed by atoms with Gasteiger partial charge < -0.3 is 14.8 Å². The molecule has 1 N–H and O–H groups in total. The van der Waals surface area contributed by atoms with Crippen LogP contribution in [0.1, 0.15) is 27.6 Å². The van der Waals surface area contributed by atoms with E-state index >= 15 is 0 Å². The summed E-state index contributed by atoms with van der Waals surface area (Å²) in [7, 11) is 1.56. The molecule has 0 aliphatic carbocycles. The summed E-state index contributed by atoms with van der Waals surface area (Å²) in [6.45, 7) is 2.52. The molecule has 3 rings (SSSR count). The number of amides is 1. The van der Waals surface area contributed by atoms with Crippen LogP contribution in [0.3, 0.4) is 0 Å². The molecule has 1 amide bonds. The van der Waals surface area contributed by atoms with Crippen molar-refractivity contribution < 1.29 is 19.1 Å². The molecule has 0 saturated heterocycles. The van der Waals surface area contributed by atoms with Gasteiger partial charge in [0.2, 0.25) is 0 Å². The van der Waals surface area contributed by atoms with E-state index in [1.54, 1.807) is 55.6 Å². The molecule has 0 radical (unpaired) electrons. The Morgan fingerprint density at radius 1 is 0.900 bits per heavy atom. The summed E-state index contributed by atoms with van der Waals surface area (Å²) in [6, 6.07) is 21.6. The lowest BCUT2D eigenvalue weighted by Gasteiger charge is -2.08. The quantitative estimate of drug-likeness (QED) is 0.374. The molecule has 3 aromatic carbocycles. The standard InChI is InChI=1S/C24H23NO4S/c1-3-29-20-11-7-17(8-12-20)23(26)16-30-22-13-9-19(10-14-22)25-24(27)18-5-4-6-21(15-18)28-2/h4-15H,3,16H2,1-2H3,(H,25,27). The average molecular weight is 422 g/mol. The van der Waals surface area contributed by atoms with Crippen LogP contribution >= 0.6 is 11.8 Å². The van der Waals surface area contributed by atoms with Crippen molar-refractivity contribution in [3.05, 3.63) is 83.9 Å². The topological polar surface area (TPSA) is 64.6 Å². The second-order valence-electron chi connectivity index (χ2n) is 6.38. The minimum absolute atomic E-state index is 0.0541. The predicted octanol–water partition coefficient (Wildman–Crippen LogP) is 5.32. The number of benzene rings is 3. The number of hydrogen-bond acceptors (Lipinski definition) is 5. The van der Waals surface area contributed by atoms with Crippen molar-refractivity contribution in [3.8, 4) is 11.5 Å². The highest BCUT2D eigenvalue weighted by Crippen LogP contribution is 2.23. The summed E-state index contributed by atoms with van der Waals surface area (Å²) in [5, 5.41) is 2.86. The highest BCUT2D eigenvalue weighted by molar-refractivity contribution is 8.00.